The van der Waals surface area contributed by atoms with Crippen LogP contribution in [-0.4, -0.2) is 27.7 Å². The summed E-state index contributed by atoms with van der Waals surface area (Å²) in [5.74, 6) is -0.187. The molecule has 0 bridgehead atoms. The summed E-state index contributed by atoms with van der Waals surface area (Å²) < 4.78 is 2.02. The van der Waals surface area contributed by atoms with Gasteiger partial charge in [-0.2, -0.15) is 0 Å². The predicted octanol–water partition coefficient (Wildman–Crippen LogP) is 2.76. The minimum Gasteiger partial charge on any atom is -0.503 e. The van der Waals surface area contributed by atoms with Gasteiger partial charge in [-0.05, 0) is 38.4 Å². The number of benzene rings is 1. The van der Waals surface area contributed by atoms with Crippen LogP contribution >= 0.6 is 0 Å². The molecule has 1 aromatic carbocycles. The van der Waals surface area contributed by atoms with E-state index >= 15 is 0 Å². The first-order valence-corrected chi connectivity index (χ1v) is 7.86. The Kier molecular flexibility index (Phi) is 4.29. The minimum absolute atomic E-state index is 0.0744. The maximum atomic E-state index is 11.8. The van der Waals surface area contributed by atoms with Gasteiger partial charge in [0.25, 0.3) is 0 Å². The smallest absolute Gasteiger partial charge is 0.223 e. The zero-order valence-corrected chi connectivity index (χ0v) is 12.9. The minimum atomic E-state index is -0.300. The lowest BCUT2D eigenvalue weighted by atomic mass is 10.1. The SMILES string of the molecule is CC(c1ccccc1)n1cc(O)c(=O)cc1CN1CCCC1. The first-order chi connectivity index (χ1) is 10.6. The third kappa shape index (κ3) is 3.07. The van der Waals surface area contributed by atoms with Crippen molar-refractivity contribution in [3.8, 4) is 5.75 Å². The molecule has 4 nitrogen and oxygen atoms in total. The number of aromatic nitrogens is 1. The van der Waals surface area contributed by atoms with Gasteiger partial charge in [-0.1, -0.05) is 30.3 Å². The second-order valence-electron chi connectivity index (χ2n) is 5.99. The van der Waals surface area contributed by atoms with Crippen molar-refractivity contribution >= 4 is 0 Å². The lowest BCUT2D eigenvalue weighted by Gasteiger charge is -2.24. The van der Waals surface area contributed by atoms with Crippen LogP contribution in [0.3, 0.4) is 0 Å². The average molecular weight is 298 g/mol. The van der Waals surface area contributed by atoms with Crippen LogP contribution < -0.4 is 5.43 Å². The van der Waals surface area contributed by atoms with Crippen molar-refractivity contribution in [3.05, 3.63) is 64.1 Å². The molecule has 4 heteroatoms. The zero-order valence-electron chi connectivity index (χ0n) is 12.9. The van der Waals surface area contributed by atoms with Crippen molar-refractivity contribution in [2.24, 2.45) is 0 Å². The molecule has 1 N–H and O–H groups in total. The number of pyridine rings is 1. The molecule has 0 spiro atoms. The summed E-state index contributed by atoms with van der Waals surface area (Å²) in [6.45, 7) is 5.00. The van der Waals surface area contributed by atoms with Gasteiger partial charge in [0.05, 0.1) is 12.2 Å². The van der Waals surface area contributed by atoms with Crippen molar-refractivity contribution in [2.75, 3.05) is 13.1 Å². The quantitative estimate of drug-likeness (QED) is 0.944. The van der Waals surface area contributed by atoms with Gasteiger partial charge in [0.2, 0.25) is 5.43 Å². The lowest BCUT2D eigenvalue weighted by molar-refractivity contribution is 0.316. The Morgan fingerprint density at radius 2 is 1.86 bits per heavy atom. The highest BCUT2D eigenvalue weighted by Crippen LogP contribution is 2.22. The summed E-state index contributed by atoms with van der Waals surface area (Å²) in [5.41, 5.74) is 1.82. The monoisotopic (exact) mass is 298 g/mol. The van der Waals surface area contributed by atoms with Crippen molar-refractivity contribution in [3.63, 3.8) is 0 Å². The molecule has 0 radical (unpaired) electrons. The Morgan fingerprint density at radius 3 is 2.55 bits per heavy atom. The van der Waals surface area contributed by atoms with Crippen LogP contribution in [0.2, 0.25) is 0 Å². The highest BCUT2D eigenvalue weighted by molar-refractivity contribution is 5.26. The van der Waals surface area contributed by atoms with E-state index in [-0.39, 0.29) is 17.2 Å². The van der Waals surface area contributed by atoms with Crippen LogP contribution in [0, 0.1) is 0 Å². The van der Waals surface area contributed by atoms with Gasteiger partial charge in [0.15, 0.2) is 5.75 Å². The maximum absolute atomic E-state index is 11.8. The number of hydrogen-bond acceptors (Lipinski definition) is 3. The van der Waals surface area contributed by atoms with Gasteiger partial charge >= 0.3 is 0 Å². The molecule has 1 aliphatic heterocycles. The molecule has 1 fully saturated rings. The molecule has 1 saturated heterocycles. The Hall–Kier alpha value is -2.07. The van der Waals surface area contributed by atoms with Crippen LogP contribution in [0.1, 0.15) is 37.1 Å². The van der Waals surface area contributed by atoms with Gasteiger partial charge in [-0.25, -0.2) is 0 Å². The second-order valence-corrected chi connectivity index (χ2v) is 5.99. The van der Waals surface area contributed by atoms with E-state index in [1.807, 2.05) is 22.8 Å². The van der Waals surface area contributed by atoms with Crippen LogP contribution in [0.25, 0.3) is 0 Å². The van der Waals surface area contributed by atoms with E-state index in [1.165, 1.54) is 12.8 Å². The number of likely N-dealkylation sites (tertiary alicyclic amines) is 1. The number of rotatable bonds is 4. The molecule has 0 aliphatic carbocycles. The molecule has 0 amide bonds. The van der Waals surface area contributed by atoms with E-state index in [4.69, 9.17) is 0 Å². The van der Waals surface area contributed by atoms with Crippen molar-refractivity contribution in [1.29, 1.82) is 0 Å². The highest BCUT2D eigenvalue weighted by Gasteiger charge is 2.17. The average Bonchev–Trinajstić information content (AvgIpc) is 3.04. The standard InChI is InChI=1S/C18H22N2O2/c1-14(15-7-3-2-4-8-15)20-13-18(22)17(21)11-16(20)12-19-9-5-6-10-19/h2-4,7-8,11,13-14,22H,5-6,9-10,12H2,1H3. The highest BCUT2D eigenvalue weighted by atomic mass is 16.3. The Bertz CT molecular complexity index is 688. The van der Waals surface area contributed by atoms with Crippen LogP contribution in [0.4, 0.5) is 0 Å². The van der Waals surface area contributed by atoms with Crippen LogP contribution in [0.15, 0.2) is 47.4 Å². The molecular weight excluding hydrogens is 276 g/mol. The van der Waals surface area contributed by atoms with Gasteiger partial charge in [-0.3, -0.25) is 9.69 Å². The van der Waals surface area contributed by atoms with Crippen molar-refractivity contribution in [1.82, 2.24) is 9.47 Å². The first kappa shape index (κ1) is 14.9. The summed E-state index contributed by atoms with van der Waals surface area (Å²) in [4.78, 5) is 14.2. The summed E-state index contributed by atoms with van der Waals surface area (Å²) in [6, 6.07) is 11.8. The van der Waals surface area contributed by atoms with E-state index in [0.717, 1.165) is 30.9 Å². The van der Waals surface area contributed by atoms with Crippen molar-refractivity contribution in [2.45, 2.75) is 32.4 Å². The molecule has 116 valence electrons. The second kappa shape index (κ2) is 6.36. The fourth-order valence-corrected chi connectivity index (χ4v) is 3.13. The molecule has 1 atom stereocenters. The molecule has 1 aromatic heterocycles. The summed E-state index contributed by atoms with van der Waals surface area (Å²) in [6.07, 6.45) is 4.01. The molecule has 1 unspecified atom stereocenters. The van der Waals surface area contributed by atoms with E-state index < -0.39 is 0 Å². The predicted molar refractivity (Wildman–Crippen MR) is 87.1 cm³/mol. The first-order valence-electron chi connectivity index (χ1n) is 7.86. The van der Waals surface area contributed by atoms with Crippen LogP contribution in [0.5, 0.6) is 5.75 Å². The zero-order chi connectivity index (χ0) is 15.5. The van der Waals surface area contributed by atoms with Gasteiger partial charge < -0.3 is 9.67 Å². The maximum Gasteiger partial charge on any atom is 0.223 e. The third-order valence-electron chi connectivity index (χ3n) is 4.43. The lowest BCUT2D eigenvalue weighted by Crippen LogP contribution is -2.24. The molecule has 2 heterocycles. The van der Waals surface area contributed by atoms with Gasteiger partial charge in [0, 0.05) is 18.3 Å². The number of aromatic hydroxyl groups is 1. The molecule has 2 aromatic rings. The Morgan fingerprint density at radius 1 is 1.18 bits per heavy atom. The molecule has 0 saturated carbocycles. The van der Waals surface area contributed by atoms with Gasteiger partial charge in [-0.15, -0.1) is 0 Å². The fourth-order valence-electron chi connectivity index (χ4n) is 3.13. The topological polar surface area (TPSA) is 45.5 Å². The number of hydrogen-bond donors (Lipinski definition) is 1. The normalized spacial score (nSPS) is 16.8. The number of nitrogens with zero attached hydrogens (tertiary/aromatic N) is 2. The van der Waals surface area contributed by atoms with Crippen molar-refractivity contribution < 1.29 is 5.11 Å². The third-order valence-corrected chi connectivity index (χ3v) is 4.43. The molecule has 22 heavy (non-hydrogen) atoms. The molecular formula is C18H22N2O2. The van der Waals surface area contributed by atoms with E-state index in [2.05, 4.69) is 24.0 Å². The largest absolute Gasteiger partial charge is 0.503 e. The molecule has 3 rings (SSSR count). The molecule has 1 aliphatic rings. The Balaban J connectivity index is 1.97. The van der Waals surface area contributed by atoms with Crippen LogP contribution in [-0.2, 0) is 6.54 Å². The van der Waals surface area contributed by atoms with E-state index in [1.54, 1.807) is 12.3 Å². The van der Waals surface area contributed by atoms with E-state index in [0.29, 0.717) is 0 Å². The fraction of sp³-hybridized carbons (Fsp3) is 0.389. The van der Waals surface area contributed by atoms with E-state index in [9.17, 15) is 9.90 Å². The summed E-state index contributed by atoms with van der Waals surface area (Å²) >= 11 is 0. The summed E-state index contributed by atoms with van der Waals surface area (Å²) in [7, 11) is 0. The Labute approximate surface area is 130 Å². The van der Waals surface area contributed by atoms with Gasteiger partial charge in [0.1, 0.15) is 0 Å². The summed E-state index contributed by atoms with van der Waals surface area (Å²) in [5, 5.41) is 9.83.